The molecule has 0 saturated carbocycles. The van der Waals surface area contributed by atoms with Crippen LogP contribution < -0.4 is 10.6 Å². The van der Waals surface area contributed by atoms with E-state index in [1.807, 2.05) is 20.0 Å². The number of nitrogen functional groups attached to an aromatic ring is 1. The van der Waals surface area contributed by atoms with Crippen LogP contribution >= 0.6 is 0 Å². The van der Waals surface area contributed by atoms with Crippen molar-refractivity contribution in [2.45, 2.75) is 33.1 Å². The Morgan fingerprint density at radius 3 is 2.67 bits per heavy atom. The SMILES string of the molecule is CCCCCN(C)c1cc(C)nc(N)n1. The highest BCUT2D eigenvalue weighted by Crippen LogP contribution is 2.12. The Hall–Kier alpha value is -1.32. The maximum Gasteiger partial charge on any atom is 0.222 e. The van der Waals surface area contributed by atoms with E-state index in [4.69, 9.17) is 5.73 Å². The lowest BCUT2D eigenvalue weighted by Gasteiger charge is -2.18. The largest absolute Gasteiger partial charge is 0.368 e. The second-order valence-electron chi connectivity index (χ2n) is 3.85. The minimum Gasteiger partial charge on any atom is -0.368 e. The topological polar surface area (TPSA) is 55.0 Å². The molecule has 1 rings (SSSR count). The van der Waals surface area contributed by atoms with Gasteiger partial charge in [-0.3, -0.25) is 0 Å². The molecular formula is C11H20N4. The Morgan fingerprint density at radius 2 is 2.07 bits per heavy atom. The first-order chi connectivity index (χ1) is 7.13. The van der Waals surface area contributed by atoms with Crippen LogP contribution in [0.1, 0.15) is 31.9 Å². The summed E-state index contributed by atoms with van der Waals surface area (Å²) in [4.78, 5) is 10.4. The molecule has 0 amide bonds. The van der Waals surface area contributed by atoms with Crippen molar-refractivity contribution >= 4 is 11.8 Å². The number of nitrogens with zero attached hydrogens (tertiary/aromatic N) is 3. The predicted molar refractivity (Wildman–Crippen MR) is 64.0 cm³/mol. The lowest BCUT2D eigenvalue weighted by molar-refractivity contribution is 0.701. The summed E-state index contributed by atoms with van der Waals surface area (Å²) in [5, 5.41) is 0. The number of aromatic nitrogens is 2. The van der Waals surface area contributed by atoms with Crippen molar-refractivity contribution < 1.29 is 0 Å². The molecule has 0 aliphatic heterocycles. The molecule has 2 N–H and O–H groups in total. The number of rotatable bonds is 5. The van der Waals surface area contributed by atoms with Crippen molar-refractivity contribution in [1.29, 1.82) is 0 Å². The van der Waals surface area contributed by atoms with E-state index in [0.717, 1.165) is 18.1 Å². The molecule has 0 fully saturated rings. The molecule has 0 saturated heterocycles. The van der Waals surface area contributed by atoms with Gasteiger partial charge in [0, 0.05) is 25.4 Å². The van der Waals surface area contributed by atoms with Gasteiger partial charge in [-0.25, -0.2) is 4.98 Å². The van der Waals surface area contributed by atoms with Gasteiger partial charge in [0.2, 0.25) is 5.95 Å². The first kappa shape index (κ1) is 11.8. The second-order valence-corrected chi connectivity index (χ2v) is 3.85. The number of aryl methyl sites for hydroxylation is 1. The third-order valence-electron chi connectivity index (χ3n) is 2.35. The molecule has 0 spiro atoms. The van der Waals surface area contributed by atoms with Crippen molar-refractivity contribution in [3.8, 4) is 0 Å². The monoisotopic (exact) mass is 208 g/mol. The van der Waals surface area contributed by atoms with Gasteiger partial charge in [0.1, 0.15) is 5.82 Å². The van der Waals surface area contributed by atoms with E-state index in [-0.39, 0.29) is 0 Å². The van der Waals surface area contributed by atoms with E-state index in [1.165, 1.54) is 19.3 Å². The molecule has 15 heavy (non-hydrogen) atoms. The van der Waals surface area contributed by atoms with E-state index in [0.29, 0.717) is 5.95 Å². The highest BCUT2D eigenvalue weighted by atomic mass is 15.2. The highest BCUT2D eigenvalue weighted by molar-refractivity contribution is 5.42. The van der Waals surface area contributed by atoms with Crippen LogP contribution in [-0.2, 0) is 0 Å². The van der Waals surface area contributed by atoms with Gasteiger partial charge in [0.05, 0.1) is 0 Å². The Bertz CT molecular complexity index is 291. The molecule has 4 heteroatoms. The second kappa shape index (κ2) is 5.53. The van der Waals surface area contributed by atoms with Gasteiger partial charge < -0.3 is 10.6 Å². The summed E-state index contributed by atoms with van der Waals surface area (Å²) >= 11 is 0. The Balaban J connectivity index is 2.60. The van der Waals surface area contributed by atoms with Gasteiger partial charge in [-0.05, 0) is 13.3 Å². The maximum absolute atomic E-state index is 5.60. The predicted octanol–water partition coefficient (Wildman–Crippen LogP) is 1.99. The van der Waals surface area contributed by atoms with E-state index in [1.54, 1.807) is 0 Å². The van der Waals surface area contributed by atoms with Crippen molar-refractivity contribution in [3.63, 3.8) is 0 Å². The maximum atomic E-state index is 5.60. The molecular weight excluding hydrogens is 188 g/mol. The average molecular weight is 208 g/mol. The summed E-state index contributed by atoms with van der Waals surface area (Å²) in [6, 6.07) is 1.96. The number of hydrogen-bond acceptors (Lipinski definition) is 4. The lowest BCUT2D eigenvalue weighted by atomic mass is 10.2. The minimum absolute atomic E-state index is 0.354. The van der Waals surface area contributed by atoms with Crippen LogP contribution in [0, 0.1) is 6.92 Å². The van der Waals surface area contributed by atoms with Crippen LogP contribution in [0.25, 0.3) is 0 Å². The molecule has 0 unspecified atom stereocenters. The van der Waals surface area contributed by atoms with Crippen LogP contribution in [0.5, 0.6) is 0 Å². The highest BCUT2D eigenvalue weighted by Gasteiger charge is 2.04. The molecule has 1 heterocycles. The minimum atomic E-state index is 0.354. The molecule has 84 valence electrons. The summed E-state index contributed by atoms with van der Waals surface area (Å²) in [6.45, 7) is 5.15. The van der Waals surface area contributed by atoms with Gasteiger partial charge >= 0.3 is 0 Å². The average Bonchev–Trinajstić information content (AvgIpc) is 2.16. The number of hydrogen-bond donors (Lipinski definition) is 1. The quantitative estimate of drug-likeness (QED) is 0.752. The third-order valence-corrected chi connectivity index (χ3v) is 2.35. The summed E-state index contributed by atoms with van der Waals surface area (Å²) < 4.78 is 0. The lowest BCUT2D eigenvalue weighted by Crippen LogP contribution is -2.20. The standard InChI is InChI=1S/C11H20N4/c1-4-5-6-7-15(3)10-8-9(2)13-11(12)14-10/h8H,4-7H2,1-3H3,(H2,12,13,14). The molecule has 1 aromatic heterocycles. The Morgan fingerprint density at radius 1 is 1.33 bits per heavy atom. The molecule has 0 bridgehead atoms. The van der Waals surface area contributed by atoms with E-state index in [2.05, 4.69) is 21.8 Å². The van der Waals surface area contributed by atoms with Crippen LogP contribution in [-0.4, -0.2) is 23.6 Å². The van der Waals surface area contributed by atoms with E-state index in [9.17, 15) is 0 Å². The van der Waals surface area contributed by atoms with Gasteiger partial charge in [-0.2, -0.15) is 4.98 Å². The van der Waals surface area contributed by atoms with Crippen molar-refractivity contribution in [1.82, 2.24) is 9.97 Å². The first-order valence-corrected chi connectivity index (χ1v) is 5.45. The first-order valence-electron chi connectivity index (χ1n) is 5.45. The summed E-state index contributed by atoms with van der Waals surface area (Å²) in [7, 11) is 2.04. The zero-order chi connectivity index (χ0) is 11.3. The normalized spacial score (nSPS) is 10.3. The Kier molecular flexibility index (Phi) is 4.34. The fourth-order valence-corrected chi connectivity index (χ4v) is 1.48. The number of unbranched alkanes of at least 4 members (excludes halogenated alkanes) is 2. The smallest absolute Gasteiger partial charge is 0.222 e. The summed E-state index contributed by atoms with van der Waals surface area (Å²) in [6.07, 6.45) is 3.68. The van der Waals surface area contributed by atoms with Crippen molar-refractivity contribution in [2.75, 3.05) is 24.2 Å². The molecule has 4 nitrogen and oxygen atoms in total. The molecule has 1 aromatic rings. The molecule has 0 aromatic carbocycles. The van der Waals surface area contributed by atoms with Crippen molar-refractivity contribution in [3.05, 3.63) is 11.8 Å². The molecule has 0 aliphatic rings. The van der Waals surface area contributed by atoms with Gasteiger partial charge in [0.25, 0.3) is 0 Å². The van der Waals surface area contributed by atoms with Crippen LogP contribution in [0.15, 0.2) is 6.07 Å². The molecule has 0 aliphatic carbocycles. The van der Waals surface area contributed by atoms with Crippen LogP contribution in [0.4, 0.5) is 11.8 Å². The third kappa shape index (κ3) is 3.73. The summed E-state index contributed by atoms with van der Waals surface area (Å²) in [5.41, 5.74) is 6.52. The zero-order valence-electron chi connectivity index (χ0n) is 9.82. The Labute approximate surface area is 91.5 Å². The fraction of sp³-hybridized carbons (Fsp3) is 0.636. The zero-order valence-corrected chi connectivity index (χ0v) is 9.82. The van der Waals surface area contributed by atoms with Gasteiger partial charge in [-0.15, -0.1) is 0 Å². The molecule has 0 atom stereocenters. The van der Waals surface area contributed by atoms with Gasteiger partial charge in [0.15, 0.2) is 0 Å². The number of anilines is 2. The number of nitrogens with two attached hydrogens (primary N) is 1. The molecule has 0 radical (unpaired) electrons. The van der Waals surface area contributed by atoms with E-state index >= 15 is 0 Å². The summed E-state index contributed by atoms with van der Waals surface area (Å²) in [5.74, 6) is 1.27. The van der Waals surface area contributed by atoms with E-state index < -0.39 is 0 Å². The fourth-order valence-electron chi connectivity index (χ4n) is 1.48. The van der Waals surface area contributed by atoms with Crippen LogP contribution in [0.2, 0.25) is 0 Å². The van der Waals surface area contributed by atoms with Crippen molar-refractivity contribution in [2.24, 2.45) is 0 Å². The van der Waals surface area contributed by atoms with Crippen LogP contribution in [0.3, 0.4) is 0 Å². The van der Waals surface area contributed by atoms with Gasteiger partial charge in [-0.1, -0.05) is 19.8 Å².